The van der Waals surface area contributed by atoms with E-state index in [-0.39, 0.29) is 0 Å². The lowest BCUT2D eigenvalue weighted by Gasteiger charge is -2.30. The average Bonchev–Trinajstić information content (AvgIpc) is 2.69. The summed E-state index contributed by atoms with van der Waals surface area (Å²) in [4.78, 5) is 8.93. The number of rotatable bonds is 9. The molecule has 7 nitrogen and oxygen atoms in total. The SMILES string of the molecule is CN=C(NCC(C)CN1CCOCC1)N(C)CCOc1ccc(OC)cc1. The molecule has 27 heavy (non-hydrogen) atoms. The number of methoxy groups -OCH3 is 1. The molecular weight excluding hydrogens is 344 g/mol. The molecule has 0 amide bonds. The van der Waals surface area contributed by atoms with Crippen molar-refractivity contribution >= 4 is 5.96 Å². The third-order valence-electron chi connectivity index (χ3n) is 4.61. The lowest BCUT2D eigenvalue weighted by Crippen LogP contribution is -2.45. The highest BCUT2D eigenvalue weighted by atomic mass is 16.5. The molecule has 2 rings (SSSR count). The molecule has 1 aliphatic heterocycles. The molecule has 0 bridgehead atoms. The van der Waals surface area contributed by atoms with Gasteiger partial charge in [-0.3, -0.25) is 9.89 Å². The van der Waals surface area contributed by atoms with Crippen LogP contribution in [-0.4, -0.2) is 89.5 Å². The van der Waals surface area contributed by atoms with Crippen molar-refractivity contribution in [3.8, 4) is 11.5 Å². The van der Waals surface area contributed by atoms with Gasteiger partial charge in [-0.25, -0.2) is 0 Å². The van der Waals surface area contributed by atoms with Crippen LogP contribution < -0.4 is 14.8 Å². The van der Waals surface area contributed by atoms with Gasteiger partial charge in [0.25, 0.3) is 0 Å². The van der Waals surface area contributed by atoms with Gasteiger partial charge in [0.05, 0.1) is 26.9 Å². The summed E-state index contributed by atoms with van der Waals surface area (Å²) < 4.78 is 16.4. The molecule has 0 aliphatic carbocycles. The van der Waals surface area contributed by atoms with Crippen molar-refractivity contribution in [3.05, 3.63) is 24.3 Å². The molecule has 1 heterocycles. The number of morpholine rings is 1. The summed E-state index contributed by atoms with van der Waals surface area (Å²) in [5, 5.41) is 3.47. The lowest BCUT2D eigenvalue weighted by atomic mass is 10.1. The summed E-state index contributed by atoms with van der Waals surface area (Å²) in [7, 11) is 5.50. The first kappa shape index (κ1) is 21.3. The van der Waals surface area contributed by atoms with Crippen molar-refractivity contribution in [2.75, 3.05) is 73.7 Å². The van der Waals surface area contributed by atoms with E-state index in [2.05, 4.69) is 27.0 Å². The zero-order valence-corrected chi connectivity index (χ0v) is 17.1. The first-order valence-electron chi connectivity index (χ1n) is 9.61. The second kappa shape index (κ2) is 11.7. The van der Waals surface area contributed by atoms with Crippen LogP contribution in [-0.2, 0) is 4.74 Å². The largest absolute Gasteiger partial charge is 0.497 e. The van der Waals surface area contributed by atoms with Crippen molar-refractivity contribution in [2.45, 2.75) is 6.92 Å². The van der Waals surface area contributed by atoms with E-state index in [0.29, 0.717) is 12.5 Å². The van der Waals surface area contributed by atoms with Crippen molar-refractivity contribution in [1.29, 1.82) is 0 Å². The highest BCUT2D eigenvalue weighted by Crippen LogP contribution is 2.16. The van der Waals surface area contributed by atoms with E-state index in [1.807, 2.05) is 38.4 Å². The minimum atomic E-state index is 0.545. The predicted octanol–water partition coefficient (Wildman–Crippen LogP) is 1.55. The third kappa shape index (κ3) is 7.64. The number of ether oxygens (including phenoxy) is 3. The standard InChI is InChI=1S/C20H34N4O3/c1-17(16-24-10-12-26-13-11-24)15-22-20(21-2)23(3)9-14-27-19-7-5-18(25-4)6-8-19/h5-8,17H,9-16H2,1-4H3,(H,21,22). The number of nitrogens with one attached hydrogen (secondary N) is 1. The summed E-state index contributed by atoms with van der Waals surface area (Å²) in [6.45, 7) is 9.34. The van der Waals surface area contributed by atoms with Gasteiger partial charge < -0.3 is 24.4 Å². The second-order valence-corrected chi connectivity index (χ2v) is 6.89. The third-order valence-corrected chi connectivity index (χ3v) is 4.61. The smallest absolute Gasteiger partial charge is 0.193 e. The fourth-order valence-electron chi connectivity index (χ4n) is 3.02. The maximum Gasteiger partial charge on any atom is 0.193 e. The van der Waals surface area contributed by atoms with Crippen molar-refractivity contribution in [1.82, 2.24) is 15.1 Å². The summed E-state index contributed by atoms with van der Waals surface area (Å²) >= 11 is 0. The second-order valence-electron chi connectivity index (χ2n) is 6.89. The van der Waals surface area contributed by atoms with E-state index >= 15 is 0 Å². The molecule has 1 unspecified atom stereocenters. The molecule has 0 spiro atoms. The molecule has 152 valence electrons. The summed E-state index contributed by atoms with van der Waals surface area (Å²) in [6.07, 6.45) is 0. The Morgan fingerprint density at radius 2 is 1.93 bits per heavy atom. The monoisotopic (exact) mass is 378 g/mol. The maximum atomic E-state index is 5.80. The molecule has 1 aliphatic rings. The van der Waals surface area contributed by atoms with Gasteiger partial charge in [-0.15, -0.1) is 0 Å². The van der Waals surface area contributed by atoms with Gasteiger partial charge in [0.15, 0.2) is 5.96 Å². The highest BCUT2D eigenvalue weighted by molar-refractivity contribution is 5.79. The molecule has 0 aromatic heterocycles. The Morgan fingerprint density at radius 3 is 2.56 bits per heavy atom. The first-order valence-corrected chi connectivity index (χ1v) is 9.61. The van der Waals surface area contributed by atoms with Crippen LogP contribution in [0.25, 0.3) is 0 Å². The maximum absolute atomic E-state index is 5.80. The Hall–Kier alpha value is -1.99. The molecule has 1 aromatic rings. The zero-order chi connectivity index (χ0) is 19.5. The molecule has 7 heteroatoms. The Kier molecular flexibility index (Phi) is 9.21. The molecule has 1 fully saturated rings. The van der Waals surface area contributed by atoms with E-state index in [4.69, 9.17) is 14.2 Å². The Bertz CT molecular complexity index is 559. The van der Waals surface area contributed by atoms with Crippen LogP contribution in [0.1, 0.15) is 6.92 Å². The van der Waals surface area contributed by atoms with E-state index in [9.17, 15) is 0 Å². The van der Waals surface area contributed by atoms with Crippen LogP contribution in [0.2, 0.25) is 0 Å². The number of guanidine groups is 1. The Morgan fingerprint density at radius 1 is 1.26 bits per heavy atom. The summed E-state index contributed by atoms with van der Waals surface area (Å²) in [5.74, 6) is 3.10. The fraction of sp³-hybridized carbons (Fsp3) is 0.650. The van der Waals surface area contributed by atoms with Gasteiger partial charge in [0, 0.05) is 40.3 Å². The number of hydrogen-bond donors (Lipinski definition) is 1. The molecular formula is C20H34N4O3. The normalized spacial score (nSPS) is 16.7. The van der Waals surface area contributed by atoms with Crippen LogP contribution in [0, 0.1) is 5.92 Å². The minimum absolute atomic E-state index is 0.545. The first-order chi connectivity index (χ1) is 13.1. The van der Waals surface area contributed by atoms with E-state index in [0.717, 1.165) is 63.4 Å². The van der Waals surface area contributed by atoms with Gasteiger partial charge in [0.2, 0.25) is 0 Å². The lowest BCUT2D eigenvalue weighted by molar-refractivity contribution is 0.0320. The van der Waals surface area contributed by atoms with E-state index in [1.165, 1.54) is 0 Å². The van der Waals surface area contributed by atoms with Crippen LogP contribution in [0.5, 0.6) is 11.5 Å². The molecule has 1 saturated heterocycles. The average molecular weight is 379 g/mol. The molecule has 1 N–H and O–H groups in total. The van der Waals surface area contributed by atoms with Crippen LogP contribution >= 0.6 is 0 Å². The zero-order valence-electron chi connectivity index (χ0n) is 17.1. The van der Waals surface area contributed by atoms with Crippen LogP contribution in [0.15, 0.2) is 29.3 Å². The molecule has 0 saturated carbocycles. The van der Waals surface area contributed by atoms with Crippen molar-refractivity contribution < 1.29 is 14.2 Å². The van der Waals surface area contributed by atoms with Gasteiger partial charge in [0.1, 0.15) is 18.1 Å². The number of benzene rings is 1. The summed E-state index contributed by atoms with van der Waals surface area (Å²) in [5.41, 5.74) is 0. The van der Waals surface area contributed by atoms with Crippen molar-refractivity contribution in [3.63, 3.8) is 0 Å². The Labute approximate surface area is 163 Å². The van der Waals surface area contributed by atoms with Gasteiger partial charge in [-0.1, -0.05) is 6.92 Å². The molecule has 0 radical (unpaired) electrons. The Balaban J connectivity index is 1.67. The van der Waals surface area contributed by atoms with Crippen LogP contribution in [0.4, 0.5) is 0 Å². The topological polar surface area (TPSA) is 58.6 Å². The summed E-state index contributed by atoms with van der Waals surface area (Å²) in [6, 6.07) is 7.63. The fourth-order valence-corrected chi connectivity index (χ4v) is 3.02. The number of likely N-dealkylation sites (N-methyl/N-ethyl adjacent to an activating group) is 1. The minimum Gasteiger partial charge on any atom is -0.497 e. The predicted molar refractivity (Wildman–Crippen MR) is 109 cm³/mol. The molecule has 1 aromatic carbocycles. The van der Waals surface area contributed by atoms with Gasteiger partial charge >= 0.3 is 0 Å². The van der Waals surface area contributed by atoms with Gasteiger partial charge in [-0.2, -0.15) is 0 Å². The molecule has 1 atom stereocenters. The quantitative estimate of drug-likeness (QED) is 0.520. The highest BCUT2D eigenvalue weighted by Gasteiger charge is 2.14. The van der Waals surface area contributed by atoms with E-state index < -0.39 is 0 Å². The number of hydrogen-bond acceptors (Lipinski definition) is 5. The van der Waals surface area contributed by atoms with Crippen LogP contribution in [0.3, 0.4) is 0 Å². The van der Waals surface area contributed by atoms with E-state index in [1.54, 1.807) is 7.11 Å². The number of aliphatic imine (C=N–C) groups is 1. The number of nitrogens with zero attached hydrogens (tertiary/aromatic N) is 3. The van der Waals surface area contributed by atoms with Gasteiger partial charge in [-0.05, 0) is 30.2 Å². The van der Waals surface area contributed by atoms with Crippen molar-refractivity contribution in [2.24, 2.45) is 10.9 Å².